The first-order chi connectivity index (χ1) is 14.8. The molecular weight excluding hydrogens is 295 g/mol. The van der Waals surface area contributed by atoms with E-state index >= 15 is 0 Å². The number of thiazole rings is 1. The smallest absolute Gasteiger partial charge is 0.399 e. The molecule has 0 radical (unpaired) electrons. The van der Waals surface area contributed by atoms with Crippen molar-refractivity contribution < 1.29 is 25.8 Å². The number of hydrogen-bond acceptors (Lipinski definition) is 5. The average Bonchev–Trinajstić information content (AvgIpc) is 3.08. The van der Waals surface area contributed by atoms with Crippen molar-refractivity contribution in [3.63, 3.8) is 0 Å². The highest BCUT2D eigenvalue weighted by Gasteiger charge is 2.53. The van der Waals surface area contributed by atoms with E-state index in [1.54, 1.807) is 0 Å². The molecule has 0 aliphatic carbocycles. The molecule has 3 heterocycles. The van der Waals surface area contributed by atoms with Gasteiger partial charge in [-0.2, -0.15) is 0 Å². The van der Waals surface area contributed by atoms with Crippen LogP contribution in [0.3, 0.4) is 0 Å². The molecule has 22 heavy (non-hydrogen) atoms. The standard InChI is InChI=1S/C16H27BN2O2S/c1-11-9-7-8-10-19(11)14-18-12(2)13(22-14)17-20-15(3,4)16(5,6)21-17/h11H,7-10H2,1-6H3/i1D3,7D2,8D2,9D2,10D2,11D. The number of aryl methyl sites for hydroxylation is 1. The van der Waals surface area contributed by atoms with Crippen LogP contribution in [0.5, 0.6) is 0 Å². The van der Waals surface area contributed by atoms with Crippen LogP contribution in [0.1, 0.15) is 75.8 Å². The Kier molecular flexibility index (Phi) is 1.78. The van der Waals surface area contributed by atoms with Crippen LogP contribution in [-0.4, -0.2) is 35.8 Å². The van der Waals surface area contributed by atoms with E-state index in [0.717, 1.165) is 0 Å². The van der Waals surface area contributed by atoms with E-state index in [-0.39, 0.29) is 10.6 Å². The minimum Gasteiger partial charge on any atom is -0.399 e. The minimum absolute atomic E-state index is 0.126. The molecule has 1 unspecified atom stereocenters. The van der Waals surface area contributed by atoms with E-state index in [2.05, 4.69) is 4.98 Å². The van der Waals surface area contributed by atoms with E-state index in [1.165, 1.54) is 6.92 Å². The fourth-order valence-electron chi connectivity index (χ4n) is 2.09. The number of rotatable bonds is 2. The maximum absolute atomic E-state index is 8.72. The monoisotopic (exact) mass is 334 g/mol. The summed E-state index contributed by atoms with van der Waals surface area (Å²) in [5.74, 6) is 0. The molecule has 6 heteroatoms. The van der Waals surface area contributed by atoms with E-state index < -0.39 is 61.9 Å². The van der Waals surface area contributed by atoms with Gasteiger partial charge in [0.25, 0.3) is 0 Å². The fraction of sp³-hybridized carbons (Fsp3) is 0.812. The number of aromatic nitrogens is 1. The summed E-state index contributed by atoms with van der Waals surface area (Å²) in [5.41, 5.74) is -1.25. The molecule has 0 bridgehead atoms. The highest BCUT2D eigenvalue weighted by molar-refractivity contribution is 7.25. The summed E-state index contributed by atoms with van der Waals surface area (Å²) in [7, 11) is -0.972. The lowest BCUT2D eigenvalue weighted by molar-refractivity contribution is 0.00578. The molecule has 122 valence electrons. The second-order valence-electron chi connectivity index (χ2n) is 6.21. The molecule has 2 fully saturated rings. The van der Waals surface area contributed by atoms with Crippen LogP contribution in [-0.2, 0) is 9.31 Å². The molecule has 2 aliphatic heterocycles. The van der Waals surface area contributed by atoms with Gasteiger partial charge in [-0.1, -0.05) is 0 Å². The molecule has 1 aromatic rings. The predicted molar refractivity (Wildman–Crippen MR) is 93.2 cm³/mol. The lowest BCUT2D eigenvalue weighted by Gasteiger charge is -2.33. The van der Waals surface area contributed by atoms with E-state index in [1.807, 2.05) is 27.7 Å². The summed E-state index contributed by atoms with van der Waals surface area (Å²) in [6.45, 7) is 1.67. The highest BCUT2D eigenvalue weighted by Crippen LogP contribution is 2.38. The molecule has 2 aliphatic rings. The van der Waals surface area contributed by atoms with Crippen LogP contribution >= 0.6 is 11.3 Å². The Labute approximate surface area is 155 Å². The number of hydrogen-bond donors (Lipinski definition) is 0. The minimum atomic E-state index is -3.69. The zero-order chi connectivity index (χ0) is 26.7. The third-order valence-electron chi connectivity index (χ3n) is 4.11. The molecule has 0 saturated carbocycles. The SMILES string of the molecule is [2H]C([2H])([2H])C1([2H])N(c2nc(C)c(B3OC(C)(C)C(C)(C)O3)s2)C([2H])([2H])C([2H])([2H])C([2H])([2H])C1([2H])[2H]. The quantitative estimate of drug-likeness (QED) is 0.779. The Morgan fingerprint density at radius 1 is 1.36 bits per heavy atom. The van der Waals surface area contributed by atoms with Crippen molar-refractivity contribution in [3.05, 3.63) is 5.69 Å². The van der Waals surface area contributed by atoms with Crippen LogP contribution in [0.15, 0.2) is 0 Å². The molecule has 2 saturated heterocycles. The predicted octanol–water partition coefficient (Wildman–Crippen LogP) is 3.13. The van der Waals surface area contributed by atoms with Crippen molar-refractivity contribution in [2.45, 2.75) is 77.8 Å². The molecule has 0 N–H and O–H groups in total. The van der Waals surface area contributed by atoms with Gasteiger partial charge in [-0.05, 0) is 60.6 Å². The summed E-state index contributed by atoms with van der Waals surface area (Å²) in [5, 5.41) is -0.499. The third-order valence-corrected chi connectivity index (χ3v) is 5.28. The van der Waals surface area contributed by atoms with E-state index in [9.17, 15) is 0 Å². The van der Waals surface area contributed by atoms with Crippen molar-refractivity contribution in [1.29, 1.82) is 0 Å². The lowest BCUT2D eigenvalue weighted by Crippen LogP contribution is -2.41. The Morgan fingerprint density at radius 2 is 2.05 bits per heavy atom. The zero-order valence-corrected chi connectivity index (χ0v) is 14.0. The van der Waals surface area contributed by atoms with E-state index in [0.29, 0.717) is 16.1 Å². The van der Waals surface area contributed by atoms with Crippen LogP contribution in [0.25, 0.3) is 0 Å². The topological polar surface area (TPSA) is 34.6 Å². The molecule has 0 amide bonds. The molecule has 0 aromatic carbocycles. The number of anilines is 1. The summed E-state index contributed by atoms with van der Waals surface area (Å²) in [6, 6.07) is -3.57. The van der Waals surface area contributed by atoms with Gasteiger partial charge in [0.1, 0.15) is 0 Å². The van der Waals surface area contributed by atoms with Crippen molar-refractivity contribution in [2.75, 3.05) is 11.4 Å². The van der Waals surface area contributed by atoms with Gasteiger partial charge in [0.15, 0.2) is 5.13 Å². The summed E-state index contributed by atoms with van der Waals surface area (Å²) >= 11 is 0.686. The first-order valence-electron chi connectivity index (χ1n) is 12.9. The maximum Gasteiger partial charge on any atom is 0.507 e. The van der Waals surface area contributed by atoms with Crippen LogP contribution in [0, 0.1) is 6.92 Å². The molecule has 1 aromatic heterocycles. The van der Waals surface area contributed by atoms with Gasteiger partial charge in [0, 0.05) is 27.6 Å². The van der Waals surface area contributed by atoms with Crippen LogP contribution in [0.4, 0.5) is 5.13 Å². The van der Waals surface area contributed by atoms with Gasteiger partial charge < -0.3 is 14.2 Å². The third kappa shape index (κ3) is 2.70. The molecule has 0 spiro atoms. The zero-order valence-electron chi connectivity index (χ0n) is 25.2. The Morgan fingerprint density at radius 3 is 2.68 bits per heavy atom. The van der Waals surface area contributed by atoms with Gasteiger partial charge in [-0.15, -0.1) is 11.3 Å². The first kappa shape index (κ1) is 7.12. The van der Waals surface area contributed by atoms with Gasteiger partial charge in [-0.25, -0.2) is 4.98 Å². The largest absolute Gasteiger partial charge is 0.507 e. The van der Waals surface area contributed by atoms with Crippen molar-refractivity contribution >= 4 is 28.4 Å². The summed E-state index contributed by atoms with van der Waals surface area (Å²) in [4.78, 5) is 4.30. The normalized spacial score (nSPS) is 48.6. The van der Waals surface area contributed by atoms with Gasteiger partial charge in [0.2, 0.25) is 0 Å². The molecular formula is C16H27BN2O2S. The van der Waals surface area contributed by atoms with Crippen molar-refractivity contribution in [1.82, 2.24) is 4.98 Å². The van der Waals surface area contributed by atoms with Gasteiger partial charge in [0.05, 0.1) is 23.0 Å². The van der Waals surface area contributed by atoms with Crippen molar-refractivity contribution in [2.24, 2.45) is 0 Å². The van der Waals surface area contributed by atoms with Gasteiger partial charge >= 0.3 is 7.12 Å². The van der Waals surface area contributed by atoms with Crippen LogP contribution < -0.4 is 9.68 Å². The maximum atomic E-state index is 8.72. The average molecular weight is 334 g/mol. The molecule has 4 nitrogen and oxygen atoms in total. The summed E-state index contributed by atoms with van der Waals surface area (Å²) in [6.07, 6.45) is -10.9. The van der Waals surface area contributed by atoms with E-state index in [4.69, 9.17) is 25.8 Å². The highest BCUT2D eigenvalue weighted by atomic mass is 32.1. The first-order valence-corrected chi connectivity index (χ1v) is 7.76. The molecule has 3 rings (SSSR count). The Balaban J connectivity index is 2.26. The fourth-order valence-corrected chi connectivity index (χ4v) is 3.08. The van der Waals surface area contributed by atoms with Crippen LogP contribution in [0.2, 0.25) is 0 Å². The van der Waals surface area contributed by atoms with Crippen molar-refractivity contribution in [3.8, 4) is 0 Å². The Bertz CT molecular complexity index is 979. The second kappa shape index (κ2) is 5.50. The lowest BCUT2D eigenvalue weighted by atomic mass is 9.86. The van der Waals surface area contributed by atoms with Gasteiger partial charge in [-0.3, -0.25) is 0 Å². The molecule has 1 atom stereocenters. The summed E-state index contributed by atoms with van der Waals surface area (Å²) < 4.78 is 111. The Hall–Kier alpha value is -0.585. The number of nitrogens with zero attached hydrogens (tertiary/aromatic N) is 2. The second-order valence-corrected chi connectivity index (χ2v) is 7.21. The number of piperidine rings is 1.